The first-order valence-corrected chi connectivity index (χ1v) is 12.7. The Morgan fingerprint density at radius 1 is 0.844 bits per heavy atom. The van der Waals surface area contributed by atoms with Crippen molar-refractivity contribution < 1.29 is 18.0 Å². The Kier molecular flexibility index (Phi) is 8.41. The minimum atomic E-state index is -3.52. The van der Waals surface area contributed by atoms with E-state index in [1.165, 1.54) is 12.1 Å². The molecule has 1 aliphatic rings. The quantitative estimate of drug-likeness (QED) is 0.604. The van der Waals surface area contributed by atoms with Crippen LogP contribution in [0.1, 0.15) is 62.2 Å². The van der Waals surface area contributed by atoms with Crippen molar-refractivity contribution in [3.05, 3.63) is 54.1 Å². The van der Waals surface area contributed by atoms with Crippen LogP contribution in [0.2, 0.25) is 0 Å². The van der Waals surface area contributed by atoms with Gasteiger partial charge in [0.25, 0.3) is 5.91 Å². The van der Waals surface area contributed by atoms with Crippen molar-refractivity contribution >= 4 is 33.2 Å². The summed E-state index contributed by atoms with van der Waals surface area (Å²) in [6.07, 6.45) is 6.15. The van der Waals surface area contributed by atoms with Gasteiger partial charge in [-0.25, -0.2) is 8.42 Å². The van der Waals surface area contributed by atoms with Crippen molar-refractivity contribution in [1.29, 1.82) is 0 Å². The second kappa shape index (κ2) is 11.2. The van der Waals surface area contributed by atoms with E-state index >= 15 is 0 Å². The molecule has 7 nitrogen and oxygen atoms in total. The Morgan fingerprint density at radius 3 is 2.00 bits per heavy atom. The zero-order valence-electron chi connectivity index (χ0n) is 18.5. The fourth-order valence-electron chi connectivity index (χ4n) is 3.61. The van der Waals surface area contributed by atoms with Crippen LogP contribution in [-0.4, -0.2) is 37.6 Å². The van der Waals surface area contributed by atoms with Crippen LogP contribution in [0.3, 0.4) is 0 Å². The van der Waals surface area contributed by atoms with Gasteiger partial charge in [-0.3, -0.25) is 9.59 Å². The number of rotatable bonds is 8. The van der Waals surface area contributed by atoms with Crippen molar-refractivity contribution in [2.24, 2.45) is 0 Å². The molecule has 1 heterocycles. The van der Waals surface area contributed by atoms with E-state index in [-0.39, 0.29) is 16.7 Å². The van der Waals surface area contributed by atoms with Gasteiger partial charge in [-0.1, -0.05) is 26.2 Å². The van der Waals surface area contributed by atoms with Gasteiger partial charge >= 0.3 is 0 Å². The molecular weight excluding hydrogens is 426 g/mol. The molecule has 0 aliphatic carbocycles. The average Bonchev–Trinajstić information content (AvgIpc) is 3.09. The summed E-state index contributed by atoms with van der Waals surface area (Å²) in [5, 5.41) is 5.59. The molecule has 8 heteroatoms. The standard InChI is InChI=1S/C24H31N3O4S/c1-2-3-8-23(28)25-20-11-9-19(10-12-20)24(29)26-21-13-15-22(16-14-21)32(30,31)27-17-6-4-5-7-18-27/h9-16H,2-8,17-18H2,1H3,(H,25,28)(H,26,29). The SMILES string of the molecule is CCCCC(=O)Nc1ccc(C(=O)Nc2ccc(S(=O)(=O)N3CCCCCC3)cc2)cc1. The minimum absolute atomic E-state index is 0.0423. The van der Waals surface area contributed by atoms with Gasteiger partial charge < -0.3 is 10.6 Å². The molecule has 0 unspecified atom stereocenters. The third-order valence-corrected chi connectivity index (χ3v) is 7.42. The van der Waals surface area contributed by atoms with Crippen LogP contribution in [0.25, 0.3) is 0 Å². The molecule has 3 rings (SSSR count). The Hall–Kier alpha value is -2.71. The molecule has 172 valence electrons. The second-order valence-electron chi connectivity index (χ2n) is 8.03. The molecule has 2 amide bonds. The highest BCUT2D eigenvalue weighted by atomic mass is 32.2. The van der Waals surface area contributed by atoms with E-state index in [0.29, 0.717) is 36.4 Å². The summed E-state index contributed by atoms with van der Waals surface area (Å²) >= 11 is 0. The van der Waals surface area contributed by atoms with Crippen molar-refractivity contribution in [3.8, 4) is 0 Å². The molecule has 2 N–H and O–H groups in total. The highest BCUT2D eigenvalue weighted by Crippen LogP contribution is 2.22. The van der Waals surface area contributed by atoms with Gasteiger partial charge in [0.15, 0.2) is 0 Å². The topological polar surface area (TPSA) is 95.6 Å². The fraction of sp³-hybridized carbons (Fsp3) is 0.417. The Bertz CT molecular complexity index is 1010. The molecule has 32 heavy (non-hydrogen) atoms. The van der Waals surface area contributed by atoms with Gasteiger partial charge in [-0.2, -0.15) is 4.31 Å². The number of unbranched alkanes of at least 4 members (excludes halogenated alkanes) is 1. The zero-order chi connectivity index (χ0) is 23.0. The summed E-state index contributed by atoms with van der Waals surface area (Å²) < 4.78 is 27.3. The van der Waals surface area contributed by atoms with Crippen LogP contribution in [0.4, 0.5) is 11.4 Å². The lowest BCUT2D eigenvalue weighted by molar-refractivity contribution is -0.116. The normalized spacial score (nSPS) is 15.0. The molecule has 0 saturated carbocycles. The third kappa shape index (κ3) is 6.40. The number of nitrogens with zero attached hydrogens (tertiary/aromatic N) is 1. The van der Waals surface area contributed by atoms with Crippen molar-refractivity contribution in [2.45, 2.75) is 56.8 Å². The van der Waals surface area contributed by atoms with Gasteiger partial charge in [-0.05, 0) is 67.8 Å². The van der Waals surface area contributed by atoms with Gasteiger partial charge in [0.1, 0.15) is 0 Å². The second-order valence-corrected chi connectivity index (χ2v) is 9.96. The highest BCUT2D eigenvalue weighted by molar-refractivity contribution is 7.89. The van der Waals surface area contributed by atoms with Crippen molar-refractivity contribution in [1.82, 2.24) is 4.31 Å². The molecular formula is C24H31N3O4S. The number of carbonyl (C=O) groups is 2. The molecule has 0 radical (unpaired) electrons. The number of carbonyl (C=O) groups excluding carboxylic acids is 2. The van der Waals surface area contributed by atoms with Crippen LogP contribution < -0.4 is 10.6 Å². The number of hydrogen-bond acceptors (Lipinski definition) is 4. The maximum atomic E-state index is 12.9. The van der Waals surface area contributed by atoms with Crippen LogP contribution in [0.15, 0.2) is 53.4 Å². The van der Waals surface area contributed by atoms with Gasteiger partial charge in [0.2, 0.25) is 15.9 Å². The van der Waals surface area contributed by atoms with E-state index in [1.807, 2.05) is 6.92 Å². The smallest absolute Gasteiger partial charge is 0.255 e. The molecule has 0 atom stereocenters. The lowest BCUT2D eigenvalue weighted by Gasteiger charge is -2.20. The zero-order valence-corrected chi connectivity index (χ0v) is 19.3. The number of benzene rings is 2. The number of anilines is 2. The molecule has 1 fully saturated rings. The summed E-state index contributed by atoms with van der Waals surface area (Å²) in [6, 6.07) is 12.9. The summed E-state index contributed by atoms with van der Waals surface area (Å²) in [7, 11) is -3.52. The molecule has 2 aromatic rings. The van der Waals surface area contributed by atoms with Crippen LogP contribution >= 0.6 is 0 Å². The van der Waals surface area contributed by atoms with E-state index in [9.17, 15) is 18.0 Å². The first kappa shape index (κ1) is 23.9. The van der Waals surface area contributed by atoms with E-state index in [4.69, 9.17) is 0 Å². The van der Waals surface area contributed by atoms with E-state index < -0.39 is 10.0 Å². The predicted molar refractivity (Wildman–Crippen MR) is 126 cm³/mol. The van der Waals surface area contributed by atoms with E-state index in [2.05, 4.69) is 10.6 Å². The summed E-state index contributed by atoms with van der Waals surface area (Å²) in [5.41, 5.74) is 1.60. The number of amides is 2. The number of sulfonamides is 1. The maximum absolute atomic E-state index is 12.9. The molecule has 1 saturated heterocycles. The molecule has 1 aliphatic heterocycles. The fourth-order valence-corrected chi connectivity index (χ4v) is 5.13. The van der Waals surface area contributed by atoms with Gasteiger partial charge in [0, 0.05) is 36.4 Å². The molecule has 0 aromatic heterocycles. The third-order valence-electron chi connectivity index (χ3n) is 5.50. The first-order chi connectivity index (χ1) is 15.4. The largest absolute Gasteiger partial charge is 0.326 e. The van der Waals surface area contributed by atoms with Crippen LogP contribution in [-0.2, 0) is 14.8 Å². The Labute approximate surface area is 190 Å². The average molecular weight is 458 g/mol. The van der Waals surface area contributed by atoms with Gasteiger partial charge in [-0.15, -0.1) is 0 Å². The summed E-state index contributed by atoms with van der Waals surface area (Å²) in [4.78, 5) is 24.6. The Morgan fingerprint density at radius 2 is 1.41 bits per heavy atom. The van der Waals surface area contributed by atoms with Gasteiger partial charge in [0.05, 0.1) is 4.90 Å². The van der Waals surface area contributed by atoms with Crippen LogP contribution in [0.5, 0.6) is 0 Å². The summed E-state index contributed by atoms with van der Waals surface area (Å²) in [6.45, 7) is 3.13. The highest BCUT2D eigenvalue weighted by Gasteiger charge is 2.25. The summed E-state index contributed by atoms with van der Waals surface area (Å²) in [5.74, 6) is -0.351. The molecule has 0 spiro atoms. The van der Waals surface area contributed by atoms with Crippen LogP contribution in [0, 0.1) is 0 Å². The molecule has 0 bridgehead atoms. The number of hydrogen-bond donors (Lipinski definition) is 2. The monoisotopic (exact) mass is 457 g/mol. The Balaban J connectivity index is 1.60. The van der Waals surface area contributed by atoms with E-state index in [0.717, 1.165) is 38.5 Å². The molecule has 2 aromatic carbocycles. The lowest BCUT2D eigenvalue weighted by atomic mass is 10.1. The minimum Gasteiger partial charge on any atom is -0.326 e. The van der Waals surface area contributed by atoms with Crippen molar-refractivity contribution in [3.63, 3.8) is 0 Å². The lowest BCUT2D eigenvalue weighted by Crippen LogP contribution is -2.31. The van der Waals surface area contributed by atoms with Crippen molar-refractivity contribution in [2.75, 3.05) is 23.7 Å². The number of nitrogens with one attached hydrogen (secondary N) is 2. The maximum Gasteiger partial charge on any atom is 0.255 e. The predicted octanol–water partition coefficient (Wildman–Crippen LogP) is 4.63. The van der Waals surface area contributed by atoms with E-state index in [1.54, 1.807) is 40.7 Å². The first-order valence-electron chi connectivity index (χ1n) is 11.2.